The topological polar surface area (TPSA) is 69.7 Å². The molecule has 0 unspecified atom stereocenters. The molecule has 0 bridgehead atoms. The van der Waals surface area contributed by atoms with Crippen LogP contribution in [0.3, 0.4) is 0 Å². The highest BCUT2D eigenvalue weighted by Gasteiger charge is 2.10. The Morgan fingerprint density at radius 3 is 2.44 bits per heavy atom. The molecular formula is C13H14O5. The lowest BCUT2D eigenvalue weighted by Crippen LogP contribution is -2.17. The molecule has 0 fully saturated rings. The Morgan fingerprint density at radius 1 is 1.22 bits per heavy atom. The number of benzene rings is 1. The molecule has 5 nitrogen and oxygen atoms in total. The first-order valence-corrected chi connectivity index (χ1v) is 5.51. The van der Waals surface area contributed by atoms with Gasteiger partial charge in [-0.25, -0.2) is 0 Å². The van der Waals surface area contributed by atoms with Crippen LogP contribution in [0.25, 0.3) is 0 Å². The van der Waals surface area contributed by atoms with Gasteiger partial charge in [-0.1, -0.05) is 0 Å². The number of aldehydes is 1. The fourth-order valence-electron chi connectivity index (χ4n) is 1.23. The molecule has 0 aliphatic rings. The normalized spacial score (nSPS) is 9.61. The molecule has 1 aromatic rings. The molecule has 0 saturated carbocycles. The fourth-order valence-corrected chi connectivity index (χ4v) is 1.23. The van der Waals surface area contributed by atoms with Gasteiger partial charge >= 0.3 is 5.97 Å². The zero-order valence-electron chi connectivity index (χ0n) is 10.0. The molecule has 0 aliphatic heterocycles. The molecule has 0 atom stereocenters. The summed E-state index contributed by atoms with van der Waals surface area (Å²) in [6.07, 6.45) is 0.427. The first-order valence-electron chi connectivity index (χ1n) is 5.51. The third-order valence-electron chi connectivity index (χ3n) is 2.06. The Morgan fingerprint density at radius 2 is 1.89 bits per heavy atom. The first-order chi connectivity index (χ1) is 8.65. The highest BCUT2D eigenvalue weighted by molar-refractivity contribution is 5.96. The second-order valence-electron chi connectivity index (χ2n) is 3.50. The molecule has 0 N–H and O–H groups in total. The quantitative estimate of drug-likeness (QED) is 0.415. The highest BCUT2D eigenvalue weighted by atomic mass is 16.5. The Balaban J connectivity index is 2.37. The van der Waals surface area contributed by atoms with Gasteiger partial charge < -0.3 is 9.47 Å². The van der Waals surface area contributed by atoms with E-state index in [4.69, 9.17) is 4.74 Å². The number of carbonyl (C=O) groups is 3. The van der Waals surface area contributed by atoms with E-state index in [0.717, 1.165) is 6.29 Å². The Labute approximate surface area is 105 Å². The average molecular weight is 250 g/mol. The summed E-state index contributed by atoms with van der Waals surface area (Å²) in [4.78, 5) is 32.8. The van der Waals surface area contributed by atoms with Gasteiger partial charge in [0.05, 0.1) is 6.61 Å². The third kappa shape index (κ3) is 4.78. The van der Waals surface area contributed by atoms with Crippen LogP contribution in [0.2, 0.25) is 0 Å². The second-order valence-corrected chi connectivity index (χ2v) is 3.50. The SMILES string of the molecule is CCOC(=O)CC(=O)COc1ccc(C=O)cc1. The number of hydrogen-bond acceptors (Lipinski definition) is 5. The van der Waals surface area contributed by atoms with Crippen LogP contribution >= 0.6 is 0 Å². The van der Waals surface area contributed by atoms with Gasteiger partial charge in [0, 0.05) is 5.56 Å². The number of carbonyl (C=O) groups excluding carboxylic acids is 3. The molecule has 0 heterocycles. The van der Waals surface area contributed by atoms with Gasteiger partial charge in [-0.15, -0.1) is 0 Å². The van der Waals surface area contributed by atoms with Crippen LogP contribution in [0.15, 0.2) is 24.3 Å². The van der Waals surface area contributed by atoms with Crippen molar-refractivity contribution in [2.75, 3.05) is 13.2 Å². The molecular weight excluding hydrogens is 236 g/mol. The Bertz CT molecular complexity index is 422. The third-order valence-corrected chi connectivity index (χ3v) is 2.06. The van der Waals surface area contributed by atoms with E-state index in [-0.39, 0.29) is 25.4 Å². The van der Waals surface area contributed by atoms with Crippen molar-refractivity contribution in [1.82, 2.24) is 0 Å². The van der Waals surface area contributed by atoms with E-state index in [1.165, 1.54) is 0 Å². The van der Waals surface area contributed by atoms with Crippen molar-refractivity contribution in [3.63, 3.8) is 0 Å². The summed E-state index contributed by atoms with van der Waals surface area (Å²) in [6.45, 7) is 1.73. The van der Waals surface area contributed by atoms with Gasteiger partial charge in [-0.05, 0) is 31.2 Å². The predicted molar refractivity (Wildman–Crippen MR) is 63.6 cm³/mol. The molecule has 18 heavy (non-hydrogen) atoms. The maximum absolute atomic E-state index is 11.3. The van der Waals surface area contributed by atoms with Gasteiger partial charge in [-0.2, -0.15) is 0 Å². The van der Waals surface area contributed by atoms with Gasteiger partial charge in [-0.3, -0.25) is 14.4 Å². The minimum atomic E-state index is -0.553. The number of esters is 1. The molecule has 5 heteroatoms. The average Bonchev–Trinajstić information content (AvgIpc) is 2.37. The standard InChI is InChI=1S/C13H14O5/c1-2-17-13(16)7-11(15)9-18-12-5-3-10(8-14)4-6-12/h3-6,8H,2,7,9H2,1H3. The van der Waals surface area contributed by atoms with Gasteiger partial charge in [0.15, 0.2) is 5.78 Å². The zero-order valence-corrected chi connectivity index (χ0v) is 10.0. The number of Topliss-reactive ketones (excluding diaryl/α,β-unsaturated/α-hetero) is 1. The fraction of sp³-hybridized carbons (Fsp3) is 0.308. The number of rotatable bonds is 7. The Hall–Kier alpha value is -2.17. The van der Waals surface area contributed by atoms with Crippen LogP contribution in [-0.2, 0) is 14.3 Å². The van der Waals surface area contributed by atoms with E-state index in [2.05, 4.69) is 4.74 Å². The monoisotopic (exact) mass is 250 g/mol. The molecule has 0 aliphatic carbocycles. The lowest BCUT2D eigenvalue weighted by molar-refractivity contribution is -0.145. The van der Waals surface area contributed by atoms with Crippen LogP contribution in [0.1, 0.15) is 23.7 Å². The number of ether oxygens (including phenoxy) is 2. The summed E-state index contributed by atoms with van der Waals surface area (Å²) >= 11 is 0. The number of hydrogen-bond donors (Lipinski definition) is 0. The minimum Gasteiger partial charge on any atom is -0.486 e. The molecule has 1 aromatic carbocycles. The molecule has 0 aromatic heterocycles. The summed E-state index contributed by atoms with van der Waals surface area (Å²) in [7, 11) is 0. The van der Waals surface area contributed by atoms with E-state index in [9.17, 15) is 14.4 Å². The van der Waals surface area contributed by atoms with Crippen LogP contribution in [-0.4, -0.2) is 31.3 Å². The highest BCUT2D eigenvalue weighted by Crippen LogP contribution is 2.11. The summed E-state index contributed by atoms with van der Waals surface area (Å²) in [6, 6.07) is 6.33. The number of ketones is 1. The van der Waals surface area contributed by atoms with E-state index < -0.39 is 5.97 Å². The van der Waals surface area contributed by atoms with Crippen LogP contribution in [0.4, 0.5) is 0 Å². The summed E-state index contributed by atoms with van der Waals surface area (Å²) in [5, 5.41) is 0. The van der Waals surface area contributed by atoms with Crippen molar-refractivity contribution in [3.8, 4) is 5.75 Å². The smallest absolute Gasteiger partial charge is 0.313 e. The van der Waals surface area contributed by atoms with Gasteiger partial charge in [0.1, 0.15) is 25.1 Å². The molecule has 96 valence electrons. The van der Waals surface area contributed by atoms with Crippen molar-refractivity contribution in [2.45, 2.75) is 13.3 Å². The maximum atomic E-state index is 11.3. The van der Waals surface area contributed by atoms with E-state index in [1.54, 1.807) is 31.2 Å². The van der Waals surface area contributed by atoms with Crippen molar-refractivity contribution in [1.29, 1.82) is 0 Å². The largest absolute Gasteiger partial charge is 0.486 e. The molecule has 0 spiro atoms. The lowest BCUT2D eigenvalue weighted by Gasteiger charge is -2.05. The van der Waals surface area contributed by atoms with E-state index in [0.29, 0.717) is 11.3 Å². The molecule has 1 rings (SSSR count). The Kier molecular flexibility index (Phi) is 5.57. The molecule has 0 radical (unpaired) electrons. The zero-order chi connectivity index (χ0) is 13.4. The van der Waals surface area contributed by atoms with Crippen LogP contribution in [0.5, 0.6) is 5.75 Å². The van der Waals surface area contributed by atoms with Crippen LogP contribution in [0, 0.1) is 0 Å². The minimum absolute atomic E-state index is 0.195. The summed E-state index contributed by atoms with van der Waals surface area (Å²) in [5.74, 6) is -0.437. The van der Waals surface area contributed by atoms with Crippen molar-refractivity contribution in [3.05, 3.63) is 29.8 Å². The second kappa shape index (κ2) is 7.21. The van der Waals surface area contributed by atoms with Crippen LogP contribution < -0.4 is 4.74 Å². The van der Waals surface area contributed by atoms with Gasteiger partial charge in [0.2, 0.25) is 0 Å². The molecule has 0 saturated heterocycles. The van der Waals surface area contributed by atoms with Crippen molar-refractivity contribution in [2.24, 2.45) is 0 Å². The maximum Gasteiger partial charge on any atom is 0.313 e. The first kappa shape index (κ1) is 13.9. The van der Waals surface area contributed by atoms with Gasteiger partial charge in [0.25, 0.3) is 0 Å². The van der Waals surface area contributed by atoms with Crippen molar-refractivity contribution < 1.29 is 23.9 Å². The molecule has 0 amide bonds. The predicted octanol–water partition coefficient (Wildman–Crippen LogP) is 1.40. The van der Waals surface area contributed by atoms with Crippen molar-refractivity contribution >= 4 is 18.0 Å². The summed E-state index contributed by atoms with van der Waals surface area (Å²) < 4.78 is 9.81. The van der Waals surface area contributed by atoms with E-state index in [1.807, 2.05) is 0 Å². The van der Waals surface area contributed by atoms with E-state index >= 15 is 0 Å². The summed E-state index contributed by atoms with van der Waals surface area (Å²) in [5.41, 5.74) is 0.528. The lowest BCUT2D eigenvalue weighted by atomic mass is 10.2.